The van der Waals surface area contributed by atoms with Gasteiger partial charge in [0, 0.05) is 37.8 Å². The maximum atomic E-state index is 12.9. The van der Waals surface area contributed by atoms with Crippen LogP contribution in [0.3, 0.4) is 0 Å². The Hall–Kier alpha value is -2.81. The van der Waals surface area contributed by atoms with E-state index in [4.69, 9.17) is 4.74 Å². The Morgan fingerprint density at radius 1 is 1.14 bits per heavy atom. The van der Waals surface area contributed by atoms with Crippen LogP contribution in [-0.4, -0.2) is 55.5 Å². The first kappa shape index (κ1) is 18.5. The maximum Gasteiger partial charge on any atom is 0.573 e. The number of carbonyl (C=O) groups excluding carboxylic acids is 1. The van der Waals surface area contributed by atoms with Crippen molar-refractivity contribution in [2.24, 2.45) is 0 Å². The van der Waals surface area contributed by atoms with Crippen LogP contribution in [0.2, 0.25) is 0 Å². The van der Waals surface area contributed by atoms with Crippen LogP contribution in [0.15, 0.2) is 30.3 Å². The summed E-state index contributed by atoms with van der Waals surface area (Å²) in [7, 11) is 1.65. The number of hydrogen-bond donors (Lipinski definition) is 0. The summed E-state index contributed by atoms with van der Waals surface area (Å²) in [5.41, 5.74) is 1.59. The molecule has 1 aromatic heterocycles. The molecule has 1 amide bonds. The van der Waals surface area contributed by atoms with Gasteiger partial charge in [-0.25, -0.2) is 4.98 Å². The molecule has 1 fully saturated rings. The number of hydrogen-bond acceptors (Lipinski definition) is 5. The molecule has 2 aromatic rings. The molecule has 6 nitrogen and oxygen atoms in total. The minimum absolute atomic E-state index is 0.178. The van der Waals surface area contributed by atoms with Gasteiger partial charge in [0.15, 0.2) is 0 Å². The number of alkyl halides is 3. The largest absolute Gasteiger partial charge is 0.573 e. The second kappa shape index (κ2) is 6.97. The van der Waals surface area contributed by atoms with Crippen molar-refractivity contribution >= 4 is 11.7 Å². The lowest BCUT2D eigenvalue weighted by Crippen LogP contribution is -2.37. The molecule has 0 aliphatic carbocycles. The molecule has 0 N–H and O–H groups in total. The van der Waals surface area contributed by atoms with Crippen molar-refractivity contribution in [3.05, 3.63) is 41.5 Å². The number of morpholine rings is 1. The maximum absolute atomic E-state index is 12.9. The first-order valence-corrected chi connectivity index (χ1v) is 8.81. The van der Waals surface area contributed by atoms with E-state index in [9.17, 15) is 18.0 Å². The molecule has 3 heterocycles. The summed E-state index contributed by atoms with van der Waals surface area (Å²) in [6, 6.07) is 7.57. The van der Waals surface area contributed by atoms with Crippen LogP contribution < -0.4 is 9.64 Å². The second-order valence-electron chi connectivity index (χ2n) is 6.66. The summed E-state index contributed by atoms with van der Waals surface area (Å²) >= 11 is 0. The van der Waals surface area contributed by atoms with Crippen LogP contribution in [0.5, 0.6) is 5.75 Å². The summed E-state index contributed by atoms with van der Waals surface area (Å²) < 4.78 is 48.2. The molecular formula is C19H18F3N3O3. The first-order chi connectivity index (χ1) is 13.3. The smallest absolute Gasteiger partial charge is 0.405 e. The van der Waals surface area contributed by atoms with Crippen molar-refractivity contribution in [1.29, 1.82) is 0 Å². The summed E-state index contributed by atoms with van der Waals surface area (Å²) in [5.74, 6) is 0.0238. The minimum Gasteiger partial charge on any atom is -0.405 e. The fourth-order valence-corrected chi connectivity index (χ4v) is 3.48. The third kappa shape index (κ3) is 3.49. The van der Waals surface area contributed by atoms with Crippen LogP contribution in [0.25, 0.3) is 11.3 Å². The lowest BCUT2D eigenvalue weighted by molar-refractivity contribution is -0.274. The molecule has 9 heteroatoms. The number of carbonyl (C=O) groups is 1. The number of anilines is 1. The topological polar surface area (TPSA) is 54.9 Å². The predicted molar refractivity (Wildman–Crippen MR) is 95.2 cm³/mol. The molecule has 1 saturated heterocycles. The molecule has 0 radical (unpaired) electrons. The van der Waals surface area contributed by atoms with Gasteiger partial charge in [0.2, 0.25) is 0 Å². The number of halogens is 3. The van der Waals surface area contributed by atoms with Crippen molar-refractivity contribution in [1.82, 2.24) is 9.88 Å². The average Bonchev–Trinajstić information content (AvgIpc) is 2.95. The minimum atomic E-state index is -4.83. The molecular weight excluding hydrogens is 375 g/mol. The SMILES string of the molecule is CN1Cc2c(cc(N3CCOCC3)nc2-c2ccccc2OC(F)(F)F)C1=O. The third-order valence-electron chi connectivity index (χ3n) is 4.79. The van der Waals surface area contributed by atoms with Crippen molar-refractivity contribution in [2.45, 2.75) is 12.9 Å². The Morgan fingerprint density at radius 3 is 2.57 bits per heavy atom. The Morgan fingerprint density at radius 2 is 1.86 bits per heavy atom. The Kier molecular flexibility index (Phi) is 4.62. The van der Waals surface area contributed by atoms with E-state index < -0.39 is 6.36 Å². The van der Waals surface area contributed by atoms with Crippen molar-refractivity contribution in [2.75, 3.05) is 38.3 Å². The zero-order valence-corrected chi connectivity index (χ0v) is 15.1. The third-order valence-corrected chi connectivity index (χ3v) is 4.79. The predicted octanol–water partition coefficient (Wildman–Crippen LogP) is 3.07. The highest BCUT2D eigenvalue weighted by atomic mass is 19.4. The summed E-state index contributed by atoms with van der Waals surface area (Å²) in [6.07, 6.45) is -4.83. The highest BCUT2D eigenvalue weighted by molar-refractivity contribution is 6.01. The number of ether oxygens (including phenoxy) is 2. The zero-order valence-electron chi connectivity index (χ0n) is 15.1. The second-order valence-corrected chi connectivity index (χ2v) is 6.66. The summed E-state index contributed by atoms with van der Waals surface area (Å²) in [5, 5.41) is 0. The van der Waals surface area contributed by atoms with E-state index >= 15 is 0 Å². The monoisotopic (exact) mass is 393 g/mol. The van der Waals surface area contributed by atoms with Gasteiger partial charge >= 0.3 is 6.36 Å². The van der Waals surface area contributed by atoms with Gasteiger partial charge in [0.25, 0.3) is 5.91 Å². The Bertz CT molecular complexity index is 911. The number of fused-ring (bicyclic) bond motifs is 1. The number of benzene rings is 1. The molecule has 2 aliphatic heterocycles. The van der Waals surface area contributed by atoms with Gasteiger partial charge in [-0.15, -0.1) is 13.2 Å². The number of pyridine rings is 1. The van der Waals surface area contributed by atoms with Gasteiger partial charge in [-0.05, 0) is 18.2 Å². The molecule has 28 heavy (non-hydrogen) atoms. The highest BCUT2D eigenvalue weighted by Crippen LogP contribution is 2.39. The van der Waals surface area contributed by atoms with E-state index in [1.165, 1.54) is 23.1 Å². The molecule has 2 aliphatic rings. The number of para-hydroxylation sites is 1. The van der Waals surface area contributed by atoms with Gasteiger partial charge in [-0.3, -0.25) is 4.79 Å². The number of rotatable bonds is 3. The van der Waals surface area contributed by atoms with Gasteiger partial charge in [0.1, 0.15) is 11.6 Å². The van der Waals surface area contributed by atoms with Gasteiger partial charge in [-0.2, -0.15) is 0 Å². The lowest BCUT2D eigenvalue weighted by Gasteiger charge is -2.28. The van der Waals surface area contributed by atoms with E-state index in [1.807, 2.05) is 4.90 Å². The summed E-state index contributed by atoms with van der Waals surface area (Å²) in [6.45, 7) is 2.51. The van der Waals surface area contributed by atoms with Gasteiger partial charge in [0.05, 0.1) is 24.5 Å². The lowest BCUT2D eigenvalue weighted by atomic mass is 10.0. The zero-order chi connectivity index (χ0) is 19.9. The van der Waals surface area contributed by atoms with Gasteiger partial charge in [-0.1, -0.05) is 12.1 Å². The first-order valence-electron chi connectivity index (χ1n) is 8.81. The molecule has 1 aromatic carbocycles. The van der Waals surface area contributed by atoms with E-state index in [2.05, 4.69) is 9.72 Å². The molecule has 0 unspecified atom stereocenters. The summed E-state index contributed by atoms with van der Waals surface area (Å²) in [4.78, 5) is 20.7. The van der Waals surface area contributed by atoms with E-state index in [1.54, 1.807) is 19.2 Å². The quantitative estimate of drug-likeness (QED) is 0.802. The number of amides is 1. The van der Waals surface area contributed by atoms with E-state index in [-0.39, 0.29) is 23.8 Å². The fourth-order valence-electron chi connectivity index (χ4n) is 3.48. The van der Waals surface area contributed by atoms with E-state index in [0.717, 1.165) is 0 Å². The van der Waals surface area contributed by atoms with Gasteiger partial charge < -0.3 is 19.3 Å². The standard InChI is InChI=1S/C19H18F3N3O3/c1-24-11-14-13(18(24)26)10-16(25-6-8-27-9-7-25)23-17(14)12-4-2-3-5-15(12)28-19(20,21)22/h2-5,10H,6-9,11H2,1H3. The van der Waals surface area contributed by atoms with Crippen molar-refractivity contribution < 1.29 is 27.4 Å². The Balaban J connectivity index is 1.86. The molecule has 0 bridgehead atoms. The van der Waals surface area contributed by atoms with Crippen LogP contribution in [0, 0.1) is 0 Å². The fraction of sp³-hybridized carbons (Fsp3) is 0.368. The van der Waals surface area contributed by atoms with Crippen LogP contribution >= 0.6 is 0 Å². The normalized spacial score (nSPS) is 17.1. The number of aromatic nitrogens is 1. The van der Waals surface area contributed by atoms with Crippen molar-refractivity contribution in [3.8, 4) is 17.0 Å². The average molecular weight is 393 g/mol. The molecule has 0 spiro atoms. The molecule has 0 saturated carbocycles. The molecule has 0 atom stereocenters. The molecule has 148 valence electrons. The highest BCUT2D eigenvalue weighted by Gasteiger charge is 2.35. The van der Waals surface area contributed by atoms with Crippen LogP contribution in [0.4, 0.5) is 19.0 Å². The Labute approximate surface area is 159 Å². The van der Waals surface area contributed by atoms with Crippen LogP contribution in [-0.2, 0) is 11.3 Å². The number of nitrogens with zero attached hydrogens (tertiary/aromatic N) is 3. The van der Waals surface area contributed by atoms with Crippen LogP contribution in [0.1, 0.15) is 15.9 Å². The van der Waals surface area contributed by atoms with E-state index in [0.29, 0.717) is 48.9 Å². The molecule has 4 rings (SSSR count). The van der Waals surface area contributed by atoms with Crippen molar-refractivity contribution in [3.63, 3.8) is 0 Å².